The van der Waals surface area contributed by atoms with E-state index in [0.717, 1.165) is 24.2 Å². The van der Waals surface area contributed by atoms with Crippen LogP contribution in [0.5, 0.6) is 0 Å². The molecule has 0 aliphatic heterocycles. The topological polar surface area (TPSA) is 33.1 Å². The number of pyridine rings is 1. The normalized spacial score (nSPS) is 44.4. The minimum absolute atomic E-state index is 0.200. The molecule has 2 saturated carbocycles. The van der Waals surface area contributed by atoms with Crippen molar-refractivity contribution in [3.05, 3.63) is 47.8 Å². The lowest BCUT2D eigenvalue weighted by Crippen LogP contribution is -2.50. The molecule has 0 amide bonds. The summed E-state index contributed by atoms with van der Waals surface area (Å²) in [6, 6.07) is 4.31. The van der Waals surface area contributed by atoms with E-state index in [1.165, 1.54) is 44.1 Å². The minimum Gasteiger partial charge on any atom is -0.389 e. The van der Waals surface area contributed by atoms with Gasteiger partial charge in [-0.1, -0.05) is 37.6 Å². The van der Waals surface area contributed by atoms with Crippen LogP contribution in [0.1, 0.15) is 64.4 Å². The molecule has 1 aromatic heterocycles. The average molecular weight is 350 g/mol. The molecule has 5 rings (SSSR count). The second-order valence-electron chi connectivity index (χ2n) is 9.68. The maximum atomic E-state index is 10.1. The van der Waals surface area contributed by atoms with E-state index in [1.54, 1.807) is 11.1 Å². The van der Waals surface area contributed by atoms with Crippen LogP contribution >= 0.6 is 0 Å². The van der Waals surface area contributed by atoms with Gasteiger partial charge in [0, 0.05) is 12.4 Å². The molecule has 0 radical (unpaired) electrons. The van der Waals surface area contributed by atoms with Gasteiger partial charge in [-0.3, -0.25) is 4.98 Å². The Morgan fingerprint density at radius 1 is 1.08 bits per heavy atom. The minimum atomic E-state index is -0.200. The average Bonchev–Trinajstić information content (AvgIpc) is 3.00. The Morgan fingerprint density at radius 3 is 2.73 bits per heavy atom. The SMILES string of the molecule is C[C@]12CC[C@@H](O)C=C1CC[C@@H]1[C@@H]2CC[C@]2(C)C(c3cccnc3)=CC[C@@H]12. The Morgan fingerprint density at radius 2 is 1.92 bits per heavy atom. The number of aliphatic hydroxyl groups is 1. The highest BCUT2D eigenvalue weighted by atomic mass is 16.3. The summed E-state index contributed by atoms with van der Waals surface area (Å²) >= 11 is 0. The molecule has 0 spiro atoms. The molecule has 138 valence electrons. The van der Waals surface area contributed by atoms with Crippen molar-refractivity contribution >= 4 is 5.57 Å². The highest BCUT2D eigenvalue weighted by Gasteiger charge is 2.57. The first-order valence-electron chi connectivity index (χ1n) is 10.5. The molecule has 26 heavy (non-hydrogen) atoms. The smallest absolute Gasteiger partial charge is 0.0724 e. The standard InChI is InChI=1S/C24H31NO/c1-23-11-9-18(26)14-17(23)5-6-19-21-8-7-20(16-4-3-13-25-15-16)24(21,2)12-10-22(19)23/h3-4,7,13-15,18-19,21-22,26H,5-6,8-12H2,1-2H3/t18-,19+,21+,22+,23+,24-/m1/s1. The van der Waals surface area contributed by atoms with Crippen LogP contribution in [-0.2, 0) is 0 Å². The zero-order chi connectivity index (χ0) is 17.9. The molecule has 2 fully saturated rings. The monoisotopic (exact) mass is 349 g/mol. The number of hydrogen-bond acceptors (Lipinski definition) is 2. The summed E-state index contributed by atoms with van der Waals surface area (Å²) in [4.78, 5) is 4.38. The summed E-state index contributed by atoms with van der Waals surface area (Å²) in [6.45, 7) is 5.03. The first-order valence-corrected chi connectivity index (χ1v) is 10.5. The zero-order valence-electron chi connectivity index (χ0n) is 16.1. The van der Waals surface area contributed by atoms with E-state index in [1.807, 2.05) is 6.20 Å². The Kier molecular flexibility index (Phi) is 3.73. The lowest BCUT2D eigenvalue weighted by Gasteiger charge is -2.58. The predicted octanol–water partition coefficient (Wildman–Crippen LogP) is 5.40. The van der Waals surface area contributed by atoms with Crippen molar-refractivity contribution in [3.8, 4) is 0 Å². The summed E-state index contributed by atoms with van der Waals surface area (Å²) in [5.74, 6) is 2.41. The predicted molar refractivity (Wildman–Crippen MR) is 105 cm³/mol. The van der Waals surface area contributed by atoms with E-state index in [4.69, 9.17) is 0 Å². The van der Waals surface area contributed by atoms with Crippen molar-refractivity contribution in [2.24, 2.45) is 28.6 Å². The molecule has 0 saturated heterocycles. The molecule has 4 aliphatic rings. The van der Waals surface area contributed by atoms with Crippen LogP contribution < -0.4 is 0 Å². The third-order valence-corrected chi connectivity index (χ3v) is 8.64. The van der Waals surface area contributed by atoms with Gasteiger partial charge >= 0.3 is 0 Å². The fraction of sp³-hybridized carbons (Fsp3) is 0.625. The Hall–Kier alpha value is -1.41. The molecule has 1 N–H and O–H groups in total. The summed E-state index contributed by atoms with van der Waals surface area (Å²) in [5.41, 5.74) is 5.11. The van der Waals surface area contributed by atoms with E-state index in [9.17, 15) is 5.11 Å². The van der Waals surface area contributed by atoms with Crippen LogP contribution in [-0.4, -0.2) is 16.2 Å². The number of hydrogen-bond donors (Lipinski definition) is 1. The molecule has 0 bridgehead atoms. The second kappa shape index (κ2) is 5.79. The van der Waals surface area contributed by atoms with E-state index in [0.29, 0.717) is 10.8 Å². The van der Waals surface area contributed by atoms with Crippen molar-refractivity contribution in [3.63, 3.8) is 0 Å². The van der Waals surface area contributed by atoms with Gasteiger partial charge in [-0.05, 0) is 90.7 Å². The fourth-order valence-electron chi connectivity index (χ4n) is 7.25. The molecule has 0 unspecified atom stereocenters. The molecular weight excluding hydrogens is 318 g/mol. The molecular formula is C24H31NO. The third kappa shape index (κ3) is 2.24. The van der Waals surface area contributed by atoms with Crippen LogP contribution in [0.4, 0.5) is 0 Å². The summed E-state index contributed by atoms with van der Waals surface area (Å²) < 4.78 is 0. The van der Waals surface area contributed by atoms with Crippen molar-refractivity contribution < 1.29 is 5.11 Å². The highest BCUT2D eigenvalue weighted by molar-refractivity contribution is 5.72. The van der Waals surface area contributed by atoms with Gasteiger partial charge in [-0.15, -0.1) is 0 Å². The van der Waals surface area contributed by atoms with Crippen molar-refractivity contribution in [2.45, 2.75) is 64.9 Å². The number of aromatic nitrogens is 1. The largest absolute Gasteiger partial charge is 0.389 e. The maximum absolute atomic E-state index is 10.1. The van der Waals surface area contributed by atoms with Crippen LogP contribution in [0.3, 0.4) is 0 Å². The van der Waals surface area contributed by atoms with E-state index >= 15 is 0 Å². The summed E-state index contributed by atoms with van der Waals surface area (Å²) in [5, 5.41) is 10.1. The third-order valence-electron chi connectivity index (χ3n) is 8.64. The van der Waals surface area contributed by atoms with Crippen molar-refractivity contribution in [2.75, 3.05) is 0 Å². The van der Waals surface area contributed by atoms with Crippen LogP contribution in [0, 0.1) is 28.6 Å². The van der Waals surface area contributed by atoms with Gasteiger partial charge in [0.05, 0.1) is 6.10 Å². The Balaban J connectivity index is 1.47. The first-order chi connectivity index (χ1) is 12.5. The quantitative estimate of drug-likeness (QED) is 0.689. The molecule has 4 aliphatic carbocycles. The van der Waals surface area contributed by atoms with Gasteiger partial charge in [0.1, 0.15) is 0 Å². The fourth-order valence-corrected chi connectivity index (χ4v) is 7.25. The van der Waals surface area contributed by atoms with Gasteiger partial charge in [-0.2, -0.15) is 0 Å². The van der Waals surface area contributed by atoms with E-state index in [-0.39, 0.29) is 6.10 Å². The van der Waals surface area contributed by atoms with E-state index in [2.05, 4.69) is 49.3 Å². The molecule has 1 heterocycles. The first kappa shape index (κ1) is 16.7. The highest BCUT2D eigenvalue weighted by Crippen LogP contribution is 2.66. The lowest BCUT2D eigenvalue weighted by molar-refractivity contribution is -0.0281. The number of rotatable bonds is 1. The Bertz CT molecular complexity index is 766. The van der Waals surface area contributed by atoms with Gasteiger partial charge < -0.3 is 5.11 Å². The molecule has 1 aromatic rings. The van der Waals surface area contributed by atoms with Gasteiger partial charge in [0.2, 0.25) is 0 Å². The van der Waals surface area contributed by atoms with Crippen LogP contribution in [0.15, 0.2) is 42.3 Å². The molecule has 0 aromatic carbocycles. The van der Waals surface area contributed by atoms with Crippen LogP contribution in [0.2, 0.25) is 0 Å². The van der Waals surface area contributed by atoms with Crippen molar-refractivity contribution in [1.82, 2.24) is 4.98 Å². The van der Waals surface area contributed by atoms with E-state index < -0.39 is 0 Å². The second-order valence-corrected chi connectivity index (χ2v) is 9.68. The van der Waals surface area contributed by atoms with Gasteiger partial charge in [0.25, 0.3) is 0 Å². The van der Waals surface area contributed by atoms with Gasteiger partial charge in [0.15, 0.2) is 0 Å². The molecule has 2 nitrogen and oxygen atoms in total. The zero-order valence-corrected chi connectivity index (χ0v) is 16.1. The summed E-state index contributed by atoms with van der Waals surface area (Å²) in [7, 11) is 0. The lowest BCUT2D eigenvalue weighted by atomic mass is 9.46. The van der Waals surface area contributed by atoms with Crippen molar-refractivity contribution in [1.29, 1.82) is 0 Å². The number of nitrogens with zero attached hydrogens (tertiary/aromatic N) is 1. The molecule has 6 atom stereocenters. The number of fused-ring (bicyclic) bond motifs is 5. The number of allylic oxidation sites excluding steroid dienone is 3. The number of aliphatic hydroxyl groups excluding tert-OH is 1. The summed E-state index contributed by atoms with van der Waals surface area (Å²) in [6.07, 6.45) is 17.0. The van der Waals surface area contributed by atoms with Gasteiger partial charge in [-0.25, -0.2) is 0 Å². The maximum Gasteiger partial charge on any atom is 0.0724 e. The Labute approximate surface area is 157 Å². The van der Waals surface area contributed by atoms with Crippen LogP contribution in [0.25, 0.3) is 5.57 Å². The molecule has 2 heteroatoms.